The number of likely N-dealkylation sites (N-methyl/N-ethyl adjacent to an activating group) is 1. The molecule has 0 saturated heterocycles. The van der Waals surface area contributed by atoms with Gasteiger partial charge in [-0.1, -0.05) is 18.2 Å². The average molecular weight is 361 g/mol. The lowest BCUT2D eigenvalue weighted by molar-refractivity contribution is -0.133. The number of ether oxygens (including phenoxy) is 3. The van der Waals surface area contributed by atoms with E-state index < -0.39 is 24.3 Å². The van der Waals surface area contributed by atoms with Gasteiger partial charge >= 0.3 is 5.97 Å². The summed E-state index contributed by atoms with van der Waals surface area (Å²) in [6.45, 7) is -0.201. The Balaban J connectivity index is 1.94. The number of halogens is 1. The molecule has 0 heterocycles. The van der Waals surface area contributed by atoms with Crippen LogP contribution in [0.3, 0.4) is 0 Å². The number of rotatable bonds is 7. The summed E-state index contributed by atoms with van der Waals surface area (Å²) in [5, 5.41) is 0. The minimum absolute atomic E-state index is 0.258. The SMILES string of the molecule is COc1ccc(C(=O)OCC(=O)N(C)Cc2ccccc2OC)c(F)c1. The van der Waals surface area contributed by atoms with E-state index >= 15 is 0 Å². The summed E-state index contributed by atoms with van der Waals surface area (Å²) in [6.07, 6.45) is 0. The van der Waals surface area contributed by atoms with Crippen molar-refractivity contribution in [3.8, 4) is 11.5 Å². The van der Waals surface area contributed by atoms with Crippen molar-refractivity contribution in [2.24, 2.45) is 0 Å². The van der Waals surface area contributed by atoms with Gasteiger partial charge in [0, 0.05) is 25.2 Å². The summed E-state index contributed by atoms with van der Waals surface area (Å²) in [7, 11) is 4.52. The van der Waals surface area contributed by atoms with Crippen molar-refractivity contribution in [2.45, 2.75) is 6.54 Å². The maximum atomic E-state index is 13.9. The molecular weight excluding hydrogens is 341 g/mol. The molecule has 1 amide bonds. The summed E-state index contributed by atoms with van der Waals surface area (Å²) < 4.78 is 28.9. The number of carbonyl (C=O) groups is 2. The summed E-state index contributed by atoms with van der Waals surface area (Å²) in [6, 6.07) is 11.1. The van der Waals surface area contributed by atoms with E-state index in [0.717, 1.165) is 11.6 Å². The smallest absolute Gasteiger partial charge is 0.341 e. The van der Waals surface area contributed by atoms with Crippen LogP contribution in [0.15, 0.2) is 42.5 Å². The first-order chi connectivity index (χ1) is 12.5. The summed E-state index contributed by atoms with van der Waals surface area (Å²) in [5.74, 6) is -1.16. The summed E-state index contributed by atoms with van der Waals surface area (Å²) >= 11 is 0. The van der Waals surface area contributed by atoms with E-state index in [1.54, 1.807) is 20.2 Å². The Bertz CT molecular complexity index is 793. The lowest BCUT2D eigenvalue weighted by Crippen LogP contribution is -2.31. The first-order valence-electron chi connectivity index (χ1n) is 7.82. The van der Waals surface area contributed by atoms with Crippen LogP contribution < -0.4 is 9.47 Å². The lowest BCUT2D eigenvalue weighted by atomic mass is 10.2. The molecule has 0 fully saturated rings. The van der Waals surface area contributed by atoms with Crippen molar-refractivity contribution < 1.29 is 28.2 Å². The van der Waals surface area contributed by atoms with Crippen molar-refractivity contribution >= 4 is 11.9 Å². The topological polar surface area (TPSA) is 65.1 Å². The molecule has 0 aliphatic carbocycles. The minimum atomic E-state index is -0.913. The monoisotopic (exact) mass is 361 g/mol. The highest BCUT2D eigenvalue weighted by molar-refractivity contribution is 5.91. The fourth-order valence-corrected chi connectivity index (χ4v) is 2.28. The third kappa shape index (κ3) is 4.72. The Hall–Kier alpha value is -3.09. The highest BCUT2D eigenvalue weighted by atomic mass is 19.1. The van der Waals surface area contributed by atoms with Gasteiger partial charge in [-0.15, -0.1) is 0 Å². The summed E-state index contributed by atoms with van der Waals surface area (Å²) in [5.41, 5.74) is 0.560. The quantitative estimate of drug-likeness (QED) is 0.710. The van der Waals surface area contributed by atoms with E-state index in [2.05, 4.69) is 0 Å². The number of carbonyl (C=O) groups excluding carboxylic acids is 2. The molecule has 138 valence electrons. The van der Waals surface area contributed by atoms with Crippen LogP contribution in [0.1, 0.15) is 15.9 Å². The van der Waals surface area contributed by atoms with Gasteiger partial charge < -0.3 is 19.1 Å². The van der Waals surface area contributed by atoms with Gasteiger partial charge in [-0.05, 0) is 18.2 Å². The normalized spacial score (nSPS) is 10.2. The van der Waals surface area contributed by atoms with Crippen molar-refractivity contribution in [3.63, 3.8) is 0 Å². The van der Waals surface area contributed by atoms with Gasteiger partial charge in [0.25, 0.3) is 5.91 Å². The minimum Gasteiger partial charge on any atom is -0.497 e. The third-order valence-corrected chi connectivity index (χ3v) is 3.75. The zero-order valence-corrected chi connectivity index (χ0v) is 14.8. The lowest BCUT2D eigenvalue weighted by Gasteiger charge is -2.18. The Morgan fingerprint density at radius 2 is 1.81 bits per heavy atom. The molecule has 0 unspecified atom stereocenters. The van der Waals surface area contributed by atoms with E-state index in [9.17, 15) is 14.0 Å². The number of amides is 1. The number of hydrogen-bond acceptors (Lipinski definition) is 5. The molecule has 0 aromatic heterocycles. The molecule has 0 aliphatic heterocycles. The molecule has 6 nitrogen and oxygen atoms in total. The Labute approximate surface area is 151 Å². The number of esters is 1. The van der Waals surface area contributed by atoms with Crippen LogP contribution in [0.2, 0.25) is 0 Å². The highest BCUT2D eigenvalue weighted by Gasteiger charge is 2.18. The summed E-state index contributed by atoms with van der Waals surface area (Å²) in [4.78, 5) is 25.5. The van der Waals surface area contributed by atoms with E-state index in [4.69, 9.17) is 14.2 Å². The third-order valence-electron chi connectivity index (χ3n) is 3.75. The van der Waals surface area contributed by atoms with Crippen LogP contribution in [0.4, 0.5) is 4.39 Å². The van der Waals surface area contributed by atoms with Gasteiger partial charge in [-0.2, -0.15) is 0 Å². The van der Waals surface area contributed by atoms with Crippen LogP contribution in [0.25, 0.3) is 0 Å². The zero-order valence-electron chi connectivity index (χ0n) is 14.8. The predicted octanol–water partition coefficient (Wildman–Crippen LogP) is 2.66. The molecule has 7 heteroatoms. The largest absolute Gasteiger partial charge is 0.497 e. The van der Waals surface area contributed by atoms with Gasteiger partial charge in [-0.25, -0.2) is 9.18 Å². The van der Waals surface area contributed by atoms with E-state index in [1.165, 1.54) is 24.1 Å². The molecule has 0 bridgehead atoms. The molecule has 2 rings (SSSR count). The van der Waals surface area contributed by atoms with Crippen molar-refractivity contribution in [3.05, 3.63) is 59.4 Å². The average Bonchev–Trinajstić information content (AvgIpc) is 2.65. The van der Waals surface area contributed by atoms with Crippen LogP contribution in [0.5, 0.6) is 11.5 Å². The van der Waals surface area contributed by atoms with Gasteiger partial charge in [0.05, 0.1) is 19.8 Å². The number of benzene rings is 2. The van der Waals surface area contributed by atoms with Gasteiger partial charge in [0.15, 0.2) is 6.61 Å². The maximum Gasteiger partial charge on any atom is 0.341 e. The van der Waals surface area contributed by atoms with Crippen LogP contribution >= 0.6 is 0 Å². The first-order valence-corrected chi connectivity index (χ1v) is 7.82. The standard InChI is InChI=1S/C19H20FNO5/c1-21(11-13-6-4-5-7-17(13)25-3)18(22)12-26-19(23)15-9-8-14(24-2)10-16(15)20/h4-10H,11-12H2,1-3H3. The fraction of sp³-hybridized carbons (Fsp3) is 0.263. The van der Waals surface area contributed by atoms with Gasteiger partial charge in [-0.3, -0.25) is 4.79 Å². The van der Waals surface area contributed by atoms with Crippen molar-refractivity contribution in [2.75, 3.05) is 27.9 Å². The first kappa shape index (κ1) is 19.2. The molecule has 2 aromatic carbocycles. The Kier molecular flexibility index (Phi) is 6.54. The number of hydrogen-bond donors (Lipinski definition) is 0. The molecule has 2 aromatic rings. The van der Waals surface area contributed by atoms with E-state index in [-0.39, 0.29) is 17.9 Å². The molecule has 0 atom stereocenters. The number of methoxy groups -OCH3 is 2. The Morgan fingerprint density at radius 3 is 2.46 bits per heavy atom. The maximum absolute atomic E-state index is 13.9. The van der Waals surface area contributed by atoms with Crippen molar-refractivity contribution in [1.29, 1.82) is 0 Å². The van der Waals surface area contributed by atoms with E-state index in [0.29, 0.717) is 5.75 Å². The predicted molar refractivity (Wildman–Crippen MR) is 92.7 cm³/mol. The van der Waals surface area contributed by atoms with Crippen LogP contribution in [-0.4, -0.2) is 44.7 Å². The number of para-hydroxylation sites is 1. The Morgan fingerprint density at radius 1 is 1.08 bits per heavy atom. The second kappa shape index (κ2) is 8.84. The molecule has 0 radical (unpaired) electrons. The van der Waals surface area contributed by atoms with Crippen molar-refractivity contribution in [1.82, 2.24) is 4.90 Å². The van der Waals surface area contributed by atoms with Gasteiger partial charge in [0.1, 0.15) is 17.3 Å². The second-order valence-corrected chi connectivity index (χ2v) is 5.48. The van der Waals surface area contributed by atoms with Gasteiger partial charge in [0.2, 0.25) is 0 Å². The fourth-order valence-electron chi connectivity index (χ4n) is 2.28. The molecule has 0 aliphatic rings. The zero-order chi connectivity index (χ0) is 19.1. The number of nitrogens with zero attached hydrogens (tertiary/aromatic N) is 1. The van der Waals surface area contributed by atoms with Crippen LogP contribution in [0, 0.1) is 5.82 Å². The second-order valence-electron chi connectivity index (χ2n) is 5.48. The highest BCUT2D eigenvalue weighted by Crippen LogP contribution is 2.19. The molecule has 0 saturated carbocycles. The molecule has 0 spiro atoms. The molecular formula is C19H20FNO5. The molecule has 0 N–H and O–H groups in total. The molecule has 26 heavy (non-hydrogen) atoms. The van der Waals surface area contributed by atoms with E-state index in [1.807, 2.05) is 18.2 Å². The van der Waals surface area contributed by atoms with Crippen LogP contribution in [-0.2, 0) is 16.1 Å².